The quantitative estimate of drug-likeness (QED) is 0.458. The van der Waals surface area contributed by atoms with Gasteiger partial charge in [0.1, 0.15) is 0 Å². The van der Waals surface area contributed by atoms with Gasteiger partial charge in [0.25, 0.3) is 16.8 Å². The Morgan fingerprint density at radius 2 is 1.63 bits per heavy atom. The Morgan fingerprint density at radius 1 is 0.967 bits per heavy atom. The molecule has 0 radical (unpaired) electrons. The van der Waals surface area contributed by atoms with E-state index in [1.54, 1.807) is 37.3 Å². The maximum atomic E-state index is 13.5. The monoisotopic (exact) mass is 461 g/mol. The summed E-state index contributed by atoms with van der Waals surface area (Å²) in [6, 6.07) is 14.0. The Morgan fingerprint density at radius 3 is 2.30 bits per heavy atom. The summed E-state index contributed by atoms with van der Waals surface area (Å²) >= 11 is 12.5. The third-order valence-corrected chi connectivity index (χ3v) is 6.22. The number of anilines is 1. The molecule has 30 heavy (non-hydrogen) atoms. The topological polar surface area (TPSA) is 97.5 Å². The molecule has 0 atom stereocenters. The molecule has 4 aromatic rings. The molecule has 0 fully saturated rings. The summed E-state index contributed by atoms with van der Waals surface area (Å²) < 4.78 is 28.8. The highest BCUT2D eigenvalue weighted by atomic mass is 35.5. The van der Waals surface area contributed by atoms with Gasteiger partial charge in [0.2, 0.25) is 0 Å². The van der Waals surface area contributed by atoms with Gasteiger partial charge >= 0.3 is 10.0 Å². The Balaban J connectivity index is 1.95. The number of rotatable bonds is 4. The highest BCUT2D eigenvalue weighted by molar-refractivity contribution is 7.93. The van der Waals surface area contributed by atoms with E-state index >= 15 is 0 Å². The van der Waals surface area contributed by atoms with Crippen molar-refractivity contribution in [1.82, 2.24) is 19.6 Å². The van der Waals surface area contributed by atoms with Gasteiger partial charge in [0, 0.05) is 17.5 Å². The zero-order valence-corrected chi connectivity index (χ0v) is 17.7. The first kappa shape index (κ1) is 20.3. The number of carbonyl (C=O) groups excluding carboxylic acids is 1. The Kier molecular flexibility index (Phi) is 5.19. The molecule has 152 valence electrons. The fraction of sp³-hybridized carbons (Fsp3) is 0.0526. The number of para-hydroxylation sites is 1. The standard InChI is InChI=1S/C19H13Cl2N5O3S/c1-12-10-11-25-18(22-12)23-19(24-25)30(28,29)26(16-14(20)8-5-9-15(16)21)17(27)13-6-3-2-4-7-13/h2-11H,1H3. The van der Waals surface area contributed by atoms with Crippen LogP contribution >= 0.6 is 23.2 Å². The van der Waals surface area contributed by atoms with Crippen molar-refractivity contribution in [3.8, 4) is 0 Å². The minimum Gasteiger partial charge on any atom is -0.268 e. The molecular weight excluding hydrogens is 449 g/mol. The first-order valence-corrected chi connectivity index (χ1v) is 10.8. The van der Waals surface area contributed by atoms with Crippen molar-refractivity contribution in [2.75, 3.05) is 4.31 Å². The van der Waals surface area contributed by atoms with Crippen molar-refractivity contribution in [3.63, 3.8) is 0 Å². The molecule has 0 aliphatic rings. The minimum absolute atomic E-state index is 0.0203. The van der Waals surface area contributed by atoms with E-state index < -0.39 is 21.1 Å². The summed E-state index contributed by atoms with van der Waals surface area (Å²) in [5.74, 6) is -0.778. The predicted octanol–water partition coefficient (Wildman–Crippen LogP) is 3.78. The highest BCUT2D eigenvalue weighted by Crippen LogP contribution is 2.37. The van der Waals surface area contributed by atoms with Crippen LogP contribution in [-0.2, 0) is 10.0 Å². The van der Waals surface area contributed by atoms with Crippen LogP contribution in [-0.4, -0.2) is 33.9 Å². The fourth-order valence-electron chi connectivity index (χ4n) is 2.75. The second kappa shape index (κ2) is 7.67. The summed E-state index contributed by atoms with van der Waals surface area (Å²) in [5, 5.41) is 3.33. The number of carbonyl (C=O) groups is 1. The molecule has 0 saturated carbocycles. The van der Waals surface area contributed by atoms with Crippen LogP contribution in [0.1, 0.15) is 16.1 Å². The van der Waals surface area contributed by atoms with Crippen LogP contribution < -0.4 is 4.31 Å². The average molecular weight is 462 g/mol. The molecule has 1 amide bonds. The van der Waals surface area contributed by atoms with E-state index in [0.717, 1.165) is 0 Å². The molecule has 0 aliphatic carbocycles. The molecule has 0 aliphatic heterocycles. The number of benzene rings is 2. The molecule has 0 saturated heterocycles. The van der Waals surface area contributed by atoms with Crippen LogP contribution in [0.3, 0.4) is 0 Å². The third kappa shape index (κ3) is 3.51. The van der Waals surface area contributed by atoms with Gasteiger partial charge in [0.05, 0.1) is 15.7 Å². The zero-order valence-electron chi connectivity index (χ0n) is 15.4. The lowest BCUT2D eigenvalue weighted by atomic mass is 10.2. The van der Waals surface area contributed by atoms with Gasteiger partial charge < -0.3 is 0 Å². The Bertz CT molecular complexity index is 1350. The molecule has 11 heteroatoms. The molecule has 0 bridgehead atoms. The first-order valence-electron chi connectivity index (χ1n) is 8.58. The molecule has 0 spiro atoms. The number of hydrogen-bond donors (Lipinski definition) is 0. The van der Waals surface area contributed by atoms with E-state index in [-0.39, 0.29) is 27.1 Å². The molecule has 2 aromatic carbocycles. The van der Waals surface area contributed by atoms with Gasteiger partial charge in [-0.15, -0.1) is 5.10 Å². The van der Waals surface area contributed by atoms with Gasteiger partial charge in [0.15, 0.2) is 0 Å². The van der Waals surface area contributed by atoms with Crippen LogP contribution in [0.5, 0.6) is 0 Å². The number of amides is 1. The van der Waals surface area contributed by atoms with Crippen molar-refractivity contribution in [2.24, 2.45) is 0 Å². The number of sulfonamides is 1. The van der Waals surface area contributed by atoms with E-state index in [1.165, 1.54) is 35.0 Å². The van der Waals surface area contributed by atoms with E-state index in [1.807, 2.05) is 0 Å². The summed E-state index contributed by atoms with van der Waals surface area (Å²) in [6.07, 6.45) is 1.52. The van der Waals surface area contributed by atoms with Gasteiger partial charge in [-0.1, -0.05) is 47.5 Å². The van der Waals surface area contributed by atoms with E-state index in [2.05, 4.69) is 15.1 Å². The van der Waals surface area contributed by atoms with E-state index in [9.17, 15) is 13.2 Å². The largest absolute Gasteiger partial charge is 0.308 e. The highest BCUT2D eigenvalue weighted by Gasteiger charge is 2.37. The molecule has 8 nitrogen and oxygen atoms in total. The molecule has 2 aromatic heterocycles. The van der Waals surface area contributed by atoms with Crippen molar-refractivity contribution >= 4 is 50.6 Å². The van der Waals surface area contributed by atoms with Crippen LogP contribution in [0.25, 0.3) is 5.78 Å². The normalized spacial score (nSPS) is 11.6. The third-order valence-electron chi connectivity index (χ3n) is 4.14. The van der Waals surface area contributed by atoms with Crippen molar-refractivity contribution in [3.05, 3.63) is 82.1 Å². The van der Waals surface area contributed by atoms with E-state index in [0.29, 0.717) is 10.00 Å². The number of hydrogen-bond acceptors (Lipinski definition) is 6. The van der Waals surface area contributed by atoms with Crippen LogP contribution in [0.4, 0.5) is 5.69 Å². The SMILES string of the molecule is Cc1ccn2nc(S(=O)(=O)N(C(=O)c3ccccc3)c3c(Cl)cccc3Cl)nc2n1. The number of fused-ring (bicyclic) bond motifs is 1. The van der Waals surface area contributed by atoms with Crippen molar-refractivity contribution < 1.29 is 13.2 Å². The van der Waals surface area contributed by atoms with Gasteiger partial charge in [-0.3, -0.25) is 4.79 Å². The summed E-state index contributed by atoms with van der Waals surface area (Å²) in [5.41, 5.74) is 0.567. The van der Waals surface area contributed by atoms with Crippen LogP contribution in [0.2, 0.25) is 10.0 Å². The summed E-state index contributed by atoms with van der Waals surface area (Å²) in [6.45, 7) is 1.73. The molecule has 2 heterocycles. The molecule has 0 unspecified atom stereocenters. The maximum absolute atomic E-state index is 13.5. The molecule has 0 N–H and O–H groups in total. The summed E-state index contributed by atoms with van der Waals surface area (Å²) in [4.78, 5) is 21.4. The lowest BCUT2D eigenvalue weighted by molar-refractivity contribution is 0.100. The zero-order chi connectivity index (χ0) is 21.5. The Labute approximate surface area is 181 Å². The van der Waals surface area contributed by atoms with E-state index in [4.69, 9.17) is 23.2 Å². The van der Waals surface area contributed by atoms with Gasteiger partial charge in [-0.05, 0) is 37.3 Å². The second-order valence-corrected chi connectivity index (χ2v) is 8.71. The summed E-state index contributed by atoms with van der Waals surface area (Å²) in [7, 11) is -4.59. The molecule has 4 rings (SSSR count). The Hall–Kier alpha value is -3.01. The lowest BCUT2D eigenvalue weighted by Gasteiger charge is -2.23. The van der Waals surface area contributed by atoms with Crippen molar-refractivity contribution in [1.29, 1.82) is 0 Å². The van der Waals surface area contributed by atoms with Crippen LogP contribution in [0, 0.1) is 6.92 Å². The number of nitrogens with zero attached hydrogens (tertiary/aromatic N) is 5. The molecular formula is C19H13Cl2N5O3S. The predicted molar refractivity (Wildman–Crippen MR) is 112 cm³/mol. The minimum atomic E-state index is -4.59. The van der Waals surface area contributed by atoms with Crippen LogP contribution in [0.15, 0.2) is 66.0 Å². The smallest absolute Gasteiger partial charge is 0.268 e. The maximum Gasteiger partial charge on any atom is 0.308 e. The van der Waals surface area contributed by atoms with Gasteiger partial charge in [-0.2, -0.15) is 17.7 Å². The number of halogens is 2. The fourth-order valence-corrected chi connectivity index (χ4v) is 4.73. The average Bonchev–Trinajstić information content (AvgIpc) is 3.15. The number of aromatic nitrogens is 4. The second-order valence-electron chi connectivity index (χ2n) is 6.22. The van der Waals surface area contributed by atoms with Gasteiger partial charge in [-0.25, -0.2) is 9.50 Å². The van der Waals surface area contributed by atoms with Crippen molar-refractivity contribution in [2.45, 2.75) is 12.1 Å². The lowest BCUT2D eigenvalue weighted by Crippen LogP contribution is -2.38. The number of aryl methyl sites for hydroxylation is 1. The first-order chi connectivity index (χ1) is 14.3.